The van der Waals surface area contributed by atoms with Crippen molar-refractivity contribution < 1.29 is 0 Å². The standard InChI is InChI=1S/C11H20N2S2/c1-3-5-6-12-7-8-13(11(12)14)9-10-15-4-2/h7-8H,3-6,9-10H2,1-2H3. The van der Waals surface area contributed by atoms with Crippen molar-refractivity contribution in [3.05, 3.63) is 17.2 Å². The average Bonchev–Trinajstić information content (AvgIpc) is 2.58. The van der Waals surface area contributed by atoms with Gasteiger partial charge in [0.15, 0.2) is 4.77 Å². The van der Waals surface area contributed by atoms with Crippen molar-refractivity contribution in [2.24, 2.45) is 0 Å². The highest BCUT2D eigenvalue weighted by molar-refractivity contribution is 7.99. The summed E-state index contributed by atoms with van der Waals surface area (Å²) in [4.78, 5) is 0. The van der Waals surface area contributed by atoms with Crippen molar-refractivity contribution in [2.75, 3.05) is 11.5 Å². The summed E-state index contributed by atoms with van der Waals surface area (Å²) in [7, 11) is 0. The van der Waals surface area contributed by atoms with E-state index in [2.05, 4.69) is 35.4 Å². The molecule has 2 nitrogen and oxygen atoms in total. The summed E-state index contributed by atoms with van der Waals surface area (Å²) in [6.45, 7) is 6.49. The Morgan fingerprint density at radius 1 is 1.20 bits per heavy atom. The van der Waals surface area contributed by atoms with Crippen molar-refractivity contribution in [1.29, 1.82) is 0 Å². The molecule has 1 aromatic rings. The lowest BCUT2D eigenvalue weighted by Gasteiger charge is -2.03. The molecule has 0 amide bonds. The lowest BCUT2D eigenvalue weighted by molar-refractivity contribution is 0.607. The molecule has 15 heavy (non-hydrogen) atoms. The third-order valence-corrected chi connectivity index (χ3v) is 3.70. The summed E-state index contributed by atoms with van der Waals surface area (Å²) in [5.74, 6) is 2.34. The van der Waals surface area contributed by atoms with E-state index in [1.165, 1.54) is 18.6 Å². The van der Waals surface area contributed by atoms with Gasteiger partial charge in [0, 0.05) is 31.2 Å². The summed E-state index contributed by atoms with van der Waals surface area (Å²) in [5.41, 5.74) is 0. The lowest BCUT2D eigenvalue weighted by atomic mass is 10.3. The molecule has 0 atom stereocenters. The average molecular weight is 244 g/mol. The largest absolute Gasteiger partial charge is 0.324 e. The summed E-state index contributed by atoms with van der Waals surface area (Å²) in [5, 5.41) is 0. The first-order valence-electron chi connectivity index (χ1n) is 5.63. The van der Waals surface area contributed by atoms with Crippen LogP contribution < -0.4 is 0 Å². The fourth-order valence-corrected chi connectivity index (χ4v) is 2.35. The Balaban J connectivity index is 2.51. The second-order valence-corrected chi connectivity index (χ2v) is 5.28. The SMILES string of the molecule is CCCCn1ccn(CCSCC)c1=S. The Morgan fingerprint density at radius 2 is 1.87 bits per heavy atom. The summed E-state index contributed by atoms with van der Waals surface area (Å²) >= 11 is 7.37. The van der Waals surface area contributed by atoms with Crippen LogP contribution in [-0.2, 0) is 13.1 Å². The van der Waals surface area contributed by atoms with E-state index in [1.54, 1.807) is 0 Å². The molecule has 0 bridgehead atoms. The molecule has 0 spiro atoms. The minimum atomic E-state index is 0.972. The monoisotopic (exact) mass is 244 g/mol. The van der Waals surface area contributed by atoms with Crippen LogP contribution in [0.5, 0.6) is 0 Å². The first-order valence-corrected chi connectivity index (χ1v) is 7.19. The molecule has 1 heterocycles. The van der Waals surface area contributed by atoms with Gasteiger partial charge in [-0.3, -0.25) is 0 Å². The van der Waals surface area contributed by atoms with Crippen LogP contribution in [0.2, 0.25) is 0 Å². The fraction of sp³-hybridized carbons (Fsp3) is 0.727. The van der Waals surface area contributed by atoms with Crippen LogP contribution in [0.4, 0.5) is 0 Å². The molecule has 0 N–H and O–H groups in total. The van der Waals surface area contributed by atoms with Gasteiger partial charge in [-0.2, -0.15) is 11.8 Å². The van der Waals surface area contributed by atoms with Crippen LogP contribution in [0, 0.1) is 4.77 Å². The van der Waals surface area contributed by atoms with E-state index in [1.807, 2.05) is 11.8 Å². The van der Waals surface area contributed by atoms with Gasteiger partial charge in [-0.05, 0) is 24.4 Å². The zero-order chi connectivity index (χ0) is 11.1. The Hall–Kier alpha value is -0.220. The molecule has 0 saturated carbocycles. The van der Waals surface area contributed by atoms with Gasteiger partial charge in [0.25, 0.3) is 0 Å². The maximum Gasteiger partial charge on any atom is 0.179 e. The molecular formula is C11H20N2S2. The van der Waals surface area contributed by atoms with E-state index >= 15 is 0 Å². The third-order valence-electron chi connectivity index (χ3n) is 2.35. The molecule has 1 aromatic heterocycles. The maximum atomic E-state index is 5.40. The van der Waals surface area contributed by atoms with Crippen molar-refractivity contribution in [1.82, 2.24) is 9.13 Å². The van der Waals surface area contributed by atoms with Crippen LogP contribution in [0.15, 0.2) is 12.4 Å². The smallest absolute Gasteiger partial charge is 0.179 e. The molecule has 0 radical (unpaired) electrons. The van der Waals surface area contributed by atoms with Crippen LogP contribution in [0.25, 0.3) is 0 Å². The number of nitrogens with zero attached hydrogens (tertiary/aromatic N) is 2. The zero-order valence-corrected chi connectivity index (χ0v) is 11.2. The van der Waals surface area contributed by atoms with E-state index in [-0.39, 0.29) is 0 Å². The van der Waals surface area contributed by atoms with Crippen molar-refractivity contribution in [3.63, 3.8) is 0 Å². The third kappa shape index (κ3) is 4.03. The Kier molecular flexibility index (Phi) is 6.10. The molecule has 0 fully saturated rings. The summed E-state index contributed by atoms with van der Waals surface area (Å²) < 4.78 is 5.32. The summed E-state index contributed by atoms with van der Waals surface area (Å²) in [6.07, 6.45) is 6.64. The highest BCUT2D eigenvalue weighted by atomic mass is 32.2. The van der Waals surface area contributed by atoms with E-state index in [9.17, 15) is 0 Å². The molecule has 0 aromatic carbocycles. The number of hydrogen-bond donors (Lipinski definition) is 0. The van der Waals surface area contributed by atoms with Gasteiger partial charge < -0.3 is 9.13 Å². The van der Waals surface area contributed by atoms with Crippen LogP contribution in [0.3, 0.4) is 0 Å². The number of hydrogen-bond acceptors (Lipinski definition) is 2. The minimum Gasteiger partial charge on any atom is -0.324 e. The molecule has 0 unspecified atom stereocenters. The lowest BCUT2D eigenvalue weighted by Crippen LogP contribution is -2.03. The zero-order valence-electron chi connectivity index (χ0n) is 9.61. The predicted molar refractivity (Wildman–Crippen MR) is 71.2 cm³/mol. The van der Waals surface area contributed by atoms with E-state index in [0.29, 0.717) is 0 Å². The van der Waals surface area contributed by atoms with E-state index < -0.39 is 0 Å². The molecule has 0 aliphatic heterocycles. The van der Waals surface area contributed by atoms with Gasteiger partial charge in [-0.15, -0.1) is 0 Å². The molecular weight excluding hydrogens is 224 g/mol. The first-order chi connectivity index (χ1) is 7.29. The quantitative estimate of drug-likeness (QED) is 0.536. The molecule has 4 heteroatoms. The molecule has 0 aliphatic carbocycles. The van der Waals surface area contributed by atoms with Gasteiger partial charge in [-0.1, -0.05) is 20.3 Å². The highest BCUT2D eigenvalue weighted by Gasteiger charge is 1.98. The van der Waals surface area contributed by atoms with Gasteiger partial charge >= 0.3 is 0 Å². The van der Waals surface area contributed by atoms with Crippen molar-refractivity contribution >= 4 is 24.0 Å². The van der Waals surface area contributed by atoms with Gasteiger partial charge in [0.05, 0.1) is 0 Å². The first kappa shape index (κ1) is 12.8. The number of aromatic nitrogens is 2. The highest BCUT2D eigenvalue weighted by Crippen LogP contribution is 2.04. The van der Waals surface area contributed by atoms with Gasteiger partial charge in [0.2, 0.25) is 0 Å². The number of unbranched alkanes of at least 4 members (excludes halogenated alkanes) is 1. The van der Waals surface area contributed by atoms with E-state index in [4.69, 9.17) is 12.2 Å². The molecule has 1 rings (SSSR count). The summed E-state index contributed by atoms with van der Waals surface area (Å²) in [6, 6.07) is 0. The Bertz CT molecular complexity index is 328. The van der Waals surface area contributed by atoms with Crippen LogP contribution in [-0.4, -0.2) is 20.6 Å². The molecule has 86 valence electrons. The number of thioether (sulfide) groups is 1. The Morgan fingerprint density at radius 3 is 2.47 bits per heavy atom. The number of aryl methyl sites for hydroxylation is 2. The van der Waals surface area contributed by atoms with Crippen molar-refractivity contribution in [2.45, 2.75) is 39.8 Å². The number of rotatable bonds is 7. The van der Waals surface area contributed by atoms with Gasteiger partial charge in [-0.25, -0.2) is 0 Å². The fourth-order valence-electron chi connectivity index (χ4n) is 1.43. The topological polar surface area (TPSA) is 9.86 Å². The van der Waals surface area contributed by atoms with Gasteiger partial charge in [0.1, 0.15) is 0 Å². The second kappa shape index (κ2) is 7.12. The Labute approximate surface area is 102 Å². The number of imidazole rings is 1. The van der Waals surface area contributed by atoms with Crippen LogP contribution >= 0.6 is 24.0 Å². The maximum absolute atomic E-state index is 5.40. The molecule has 0 saturated heterocycles. The normalized spacial score (nSPS) is 10.8. The second-order valence-electron chi connectivity index (χ2n) is 3.52. The predicted octanol–water partition coefficient (Wildman–Crippen LogP) is 3.57. The van der Waals surface area contributed by atoms with E-state index in [0.717, 1.165) is 23.6 Å². The molecule has 0 aliphatic rings. The van der Waals surface area contributed by atoms with Crippen molar-refractivity contribution in [3.8, 4) is 0 Å². The minimum absolute atomic E-state index is 0.972. The van der Waals surface area contributed by atoms with Crippen LogP contribution in [0.1, 0.15) is 26.7 Å².